The molecule has 0 spiro atoms. The van der Waals surface area contributed by atoms with E-state index >= 15 is 0 Å². The molecule has 2 rings (SSSR count). The van der Waals surface area contributed by atoms with Crippen molar-refractivity contribution in [1.82, 2.24) is 9.97 Å². The molecule has 0 bridgehead atoms. The molecule has 0 N–H and O–H groups in total. The van der Waals surface area contributed by atoms with E-state index in [1.54, 1.807) is 12.4 Å². The molecule has 0 atom stereocenters. The number of pyridine rings is 2. The van der Waals surface area contributed by atoms with Gasteiger partial charge in [-0.3, -0.25) is 9.97 Å². The molecule has 0 aliphatic heterocycles. The van der Waals surface area contributed by atoms with Crippen molar-refractivity contribution in [3.05, 3.63) is 48.8 Å². The van der Waals surface area contributed by atoms with Gasteiger partial charge in [0, 0.05) is 12.4 Å². The zero-order chi connectivity index (χ0) is 8.23. The van der Waals surface area contributed by atoms with E-state index in [4.69, 9.17) is 0 Å². The second-order valence-corrected chi connectivity index (χ2v) is 2.43. The number of aromatic nitrogens is 2. The van der Waals surface area contributed by atoms with Gasteiger partial charge in [-0.15, -0.1) is 0 Å². The zero-order valence-corrected chi connectivity index (χ0v) is 14.1. The summed E-state index contributed by atoms with van der Waals surface area (Å²) in [6.07, 6.45) is 3.54. The van der Waals surface area contributed by atoms with Crippen LogP contribution < -0.4 is 34.0 Å². The molecule has 2 heterocycles. The summed E-state index contributed by atoms with van der Waals surface area (Å²) in [4.78, 5) is 8.37. The summed E-state index contributed by atoms with van der Waals surface area (Å²) in [5.74, 6) is 0. The Hall–Kier alpha value is -0.117. The second-order valence-electron chi connectivity index (χ2n) is 2.43. The van der Waals surface area contributed by atoms with Crippen molar-refractivity contribution in [1.29, 1.82) is 0 Å². The molecule has 0 fully saturated rings. The van der Waals surface area contributed by atoms with Crippen molar-refractivity contribution in [3.8, 4) is 11.4 Å². The number of halogens is 2. The van der Waals surface area contributed by atoms with Gasteiger partial charge in [0.1, 0.15) is 0 Å². The first-order valence-corrected chi connectivity index (χ1v) is 3.79. The Bertz CT molecular complexity index is 319. The topological polar surface area (TPSA) is 25.8 Å². The first-order valence-electron chi connectivity index (χ1n) is 3.79. The molecular weight excluding hydrogens is 373 g/mol. The van der Waals surface area contributed by atoms with Crippen LogP contribution in [0.2, 0.25) is 0 Å². The van der Waals surface area contributed by atoms with Crippen LogP contribution in [0.25, 0.3) is 11.4 Å². The van der Waals surface area contributed by atoms with E-state index in [0.29, 0.717) is 0 Å². The van der Waals surface area contributed by atoms with Gasteiger partial charge in [-0.2, -0.15) is 0 Å². The van der Waals surface area contributed by atoms with E-state index in [0.717, 1.165) is 11.4 Å². The van der Waals surface area contributed by atoms with Crippen LogP contribution in [0.5, 0.6) is 0 Å². The van der Waals surface area contributed by atoms with Crippen LogP contribution in [0.1, 0.15) is 0 Å². The Balaban J connectivity index is 0. The maximum atomic E-state index is 4.19. The largest absolute Gasteiger partial charge is 2.00 e. The van der Waals surface area contributed by atoms with Gasteiger partial charge in [-0.1, -0.05) is 12.1 Å². The molecule has 2 nitrogen and oxygen atoms in total. The average molecular weight is 381 g/mol. The van der Waals surface area contributed by atoms with Crippen molar-refractivity contribution in [3.63, 3.8) is 0 Å². The summed E-state index contributed by atoms with van der Waals surface area (Å²) in [5, 5.41) is 0. The molecule has 2 aromatic heterocycles. The molecule has 5 heteroatoms. The summed E-state index contributed by atoms with van der Waals surface area (Å²) in [5.41, 5.74) is 1.83. The van der Waals surface area contributed by atoms with Crippen LogP contribution in [0.4, 0.5) is 0 Å². The number of hydrogen-bond donors (Lipinski definition) is 0. The Labute approximate surface area is 123 Å². The fourth-order valence-electron chi connectivity index (χ4n) is 1.03. The fourth-order valence-corrected chi connectivity index (χ4v) is 1.03. The standard InChI is InChI=1S/C10H8N2.2BrH.Zn/c1-3-7-11-9(5-1)10-6-2-4-8-12-10;;;/h1-8H;2*1H;/q;;;+2/p-2. The number of nitrogens with zero attached hydrogens (tertiary/aromatic N) is 2. The van der Waals surface area contributed by atoms with Gasteiger partial charge in [0.25, 0.3) is 0 Å². The predicted molar refractivity (Wildman–Crippen MR) is 47.5 cm³/mol. The third-order valence-corrected chi connectivity index (χ3v) is 1.59. The van der Waals surface area contributed by atoms with Crippen LogP contribution in [0.3, 0.4) is 0 Å². The first-order chi connectivity index (χ1) is 5.97. The van der Waals surface area contributed by atoms with Gasteiger partial charge in [0.05, 0.1) is 11.4 Å². The summed E-state index contributed by atoms with van der Waals surface area (Å²) in [6.45, 7) is 0. The van der Waals surface area contributed by atoms with E-state index in [2.05, 4.69) is 9.97 Å². The van der Waals surface area contributed by atoms with Crippen molar-refractivity contribution in [2.45, 2.75) is 0 Å². The van der Waals surface area contributed by atoms with Crippen LogP contribution in [-0.4, -0.2) is 9.97 Å². The number of rotatable bonds is 1. The van der Waals surface area contributed by atoms with E-state index < -0.39 is 0 Å². The van der Waals surface area contributed by atoms with E-state index in [1.807, 2.05) is 36.4 Å². The van der Waals surface area contributed by atoms with Gasteiger partial charge in [-0.05, 0) is 24.3 Å². The van der Waals surface area contributed by atoms with Gasteiger partial charge < -0.3 is 34.0 Å². The van der Waals surface area contributed by atoms with Crippen LogP contribution in [0.15, 0.2) is 48.8 Å². The molecule has 15 heavy (non-hydrogen) atoms. The monoisotopic (exact) mass is 378 g/mol. The Morgan fingerprint density at radius 2 is 1.07 bits per heavy atom. The molecule has 0 aliphatic carbocycles. The summed E-state index contributed by atoms with van der Waals surface area (Å²) >= 11 is 0. The quantitative estimate of drug-likeness (QED) is 0.473. The maximum Gasteiger partial charge on any atom is 2.00 e. The van der Waals surface area contributed by atoms with E-state index in [1.165, 1.54) is 0 Å². The van der Waals surface area contributed by atoms with E-state index in [9.17, 15) is 0 Å². The van der Waals surface area contributed by atoms with Crippen LogP contribution >= 0.6 is 0 Å². The average Bonchev–Trinajstić information content (AvgIpc) is 2.21. The molecule has 0 aliphatic rings. The third-order valence-electron chi connectivity index (χ3n) is 1.59. The van der Waals surface area contributed by atoms with E-state index in [-0.39, 0.29) is 53.4 Å². The van der Waals surface area contributed by atoms with Crippen molar-refractivity contribution < 1.29 is 53.4 Å². The maximum absolute atomic E-state index is 4.19. The minimum atomic E-state index is 0. The van der Waals surface area contributed by atoms with Gasteiger partial charge >= 0.3 is 19.5 Å². The molecule has 2 aromatic rings. The summed E-state index contributed by atoms with van der Waals surface area (Å²) in [7, 11) is 0. The molecular formula is C10H8Br2N2Zn. The summed E-state index contributed by atoms with van der Waals surface area (Å²) < 4.78 is 0. The smallest absolute Gasteiger partial charge is 1.00 e. The third kappa shape index (κ3) is 4.96. The Morgan fingerprint density at radius 3 is 1.33 bits per heavy atom. The minimum absolute atomic E-state index is 0. The normalized spacial score (nSPS) is 7.73. The SMILES string of the molecule is [Br-].[Br-].[Zn+2].c1ccc(-c2ccccn2)nc1. The Kier molecular flexibility index (Phi) is 10.5. The van der Waals surface area contributed by atoms with Gasteiger partial charge in [0.15, 0.2) is 0 Å². The second kappa shape index (κ2) is 9.13. The number of hydrogen-bond acceptors (Lipinski definition) is 2. The predicted octanol–water partition coefficient (Wildman–Crippen LogP) is -3.85. The van der Waals surface area contributed by atoms with Gasteiger partial charge in [-0.25, -0.2) is 0 Å². The van der Waals surface area contributed by atoms with Crippen LogP contribution in [0, 0.1) is 0 Å². The molecule has 0 saturated carbocycles. The van der Waals surface area contributed by atoms with Crippen LogP contribution in [-0.2, 0) is 19.5 Å². The fraction of sp³-hybridized carbons (Fsp3) is 0. The molecule has 74 valence electrons. The Morgan fingerprint density at radius 1 is 0.667 bits per heavy atom. The van der Waals surface area contributed by atoms with Crippen molar-refractivity contribution in [2.75, 3.05) is 0 Å². The molecule has 0 unspecified atom stereocenters. The molecule has 0 amide bonds. The zero-order valence-electron chi connectivity index (χ0n) is 7.98. The molecule has 0 saturated heterocycles. The minimum Gasteiger partial charge on any atom is -1.00 e. The summed E-state index contributed by atoms with van der Waals surface area (Å²) in [6, 6.07) is 11.6. The molecule has 0 radical (unpaired) electrons. The molecule has 0 aromatic carbocycles. The first kappa shape index (κ1) is 17.3. The van der Waals surface area contributed by atoms with Crippen molar-refractivity contribution in [2.24, 2.45) is 0 Å². The van der Waals surface area contributed by atoms with Crippen molar-refractivity contribution >= 4 is 0 Å². The van der Waals surface area contributed by atoms with Gasteiger partial charge in [0.2, 0.25) is 0 Å².